The molecule has 6 nitrogen and oxygen atoms in total. The van der Waals surface area contributed by atoms with Crippen LogP contribution in [0.2, 0.25) is 0 Å². The second kappa shape index (κ2) is 7.59. The molecule has 1 aromatic heterocycles. The molecule has 31 heavy (non-hydrogen) atoms. The van der Waals surface area contributed by atoms with E-state index >= 15 is 0 Å². The average molecular weight is 433 g/mol. The molecule has 0 saturated carbocycles. The SMILES string of the molecule is O=C(CN1c2cccc3cccc(c23)S1(=O)=O)N(Cc1ccccc1)Cc1ccco1. The number of hydrogen-bond donors (Lipinski definition) is 0. The van der Waals surface area contributed by atoms with Crippen molar-refractivity contribution in [2.45, 2.75) is 18.0 Å². The Labute approximate surface area is 180 Å². The molecule has 5 rings (SSSR count). The quantitative estimate of drug-likeness (QED) is 0.459. The average Bonchev–Trinajstić information content (AvgIpc) is 3.36. The van der Waals surface area contributed by atoms with Crippen LogP contribution in [-0.4, -0.2) is 25.8 Å². The Balaban J connectivity index is 1.47. The van der Waals surface area contributed by atoms with Crippen molar-refractivity contribution in [2.24, 2.45) is 0 Å². The number of carbonyl (C=O) groups excluding carboxylic acids is 1. The summed E-state index contributed by atoms with van der Waals surface area (Å²) < 4.78 is 33.1. The molecule has 156 valence electrons. The molecule has 0 atom stereocenters. The topological polar surface area (TPSA) is 70.8 Å². The zero-order valence-electron chi connectivity index (χ0n) is 16.6. The molecule has 1 aliphatic heterocycles. The number of sulfonamides is 1. The largest absolute Gasteiger partial charge is 0.467 e. The standard InChI is InChI=1S/C24H20N2O4S/c27-23(25(16-20-11-6-14-30-20)15-18-7-2-1-3-8-18)17-26-21-12-4-9-19-10-5-13-22(24(19)21)31(26,28)29/h1-14H,15-17H2. The van der Waals surface area contributed by atoms with E-state index in [1.54, 1.807) is 41.5 Å². The maximum absolute atomic E-state index is 13.4. The van der Waals surface area contributed by atoms with Crippen molar-refractivity contribution in [3.05, 3.63) is 96.4 Å². The Kier molecular flexibility index (Phi) is 4.75. The summed E-state index contributed by atoms with van der Waals surface area (Å²) in [5, 5.41) is 1.50. The van der Waals surface area contributed by atoms with Crippen LogP contribution in [0.5, 0.6) is 0 Å². The Morgan fingerprint density at radius 1 is 0.871 bits per heavy atom. The molecule has 0 N–H and O–H groups in total. The maximum atomic E-state index is 13.4. The van der Waals surface area contributed by atoms with Gasteiger partial charge in [-0.1, -0.05) is 54.6 Å². The maximum Gasteiger partial charge on any atom is 0.265 e. The summed E-state index contributed by atoms with van der Waals surface area (Å²) in [5.74, 6) is 0.340. The highest BCUT2D eigenvalue weighted by Crippen LogP contribution is 2.41. The lowest BCUT2D eigenvalue weighted by atomic mass is 10.1. The first kappa shape index (κ1) is 19.4. The molecule has 0 spiro atoms. The van der Waals surface area contributed by atoms with Gasteiger partial charge in [0.05, 0.1) is 23.4 Å². The van der Waals surface area contributed by atoms with Gasteiger partial charge in [-0.05, 0) is 35.2 Å². The van der Waals surface area contributed by atoms with Crippen LogP contribution in [0.25, 0.3) is 10.8 Å². The third-order valence-corrected chi connectivity index (χ3v) is 7.26. The second-order valence-corrected chi connectivity index (χ2v) is 9.29. The first-order valence-corrected chi connectivity index (χ1v) is 11.4. The Morgan fingerprint density at radius 2 is 1.65 bits per heavy atom. The van der Waals surface area contributed by atoms with Crippen LogP contribution in [0.15, 0.2) is 94.4 Å². The van der Waals surface area contributed by atoms with Gasteiger partial charge in [-0.15, -0.1) is 0 Å². The molecular weight excluding hydrogens is 412 g/mol. The molecule has 7 heteroatoms. The number of anilines is 1. The van der Waals surface area contributed by atoms with Gasteiger partial charge in [0.2, 0.25) is 5.91 Å². The third kappa shape index (κ3) is 3.47. The molecule has 1 amide bonds. The first-order valence-electron chi connectivity index (χ1n) is 9.92. The lowest BCUT2D eigenvalue weighted by Gasteiger charge is -2.25. The molecule has 4 aromatic rings. The van der Waals surface area contributed by atoms with Gasteiger partial charge in [0.15, 0.2) is 0 Å². The van der Waals surface area contributed by atoms with E-state index in [0.717, 1.165) is 10.9 Å². The minimum atomic E-state index is -3.80. The van der Waals surface area contributed by atoms with Crippen LogP contribution in [-0.2, 0) is 27.9 Å². The van der Waals surface area contributed by atoms with Crippen LogP contribution in [0, 0.1) is 0 Å². The highest BCUT2D eigenvalue weighted by Gasteiger charge is 2.37. The zero-order chi connectivity index (χ0) is 21.4. The van der Waals surface area contributed by atoms with Crippen LogP contribution in [0.4, 0.5) is 5.69 Å². The summed E-state index contributed by atoms with van der Waals surface area (Å²) >= 11 is 0. The molecule has 3 aromatic carbocycles. The Bertz CT molecular complexity index is 1340. The number of amides is 1. The number of rotatable bonds is 6. The van der Waals surface area contributed by atoms with Gasteiger partial charge in [0.1, 0.15) is 12.3 Å². The highest BCUT2D eigenvalue weighted by molar-refractivity contribution is 7.93. The molecule has 0 unspecified atom stereocenters. The van der Waals surface area contributed by atoms with Gasteiger partial charge in [-0.25, -0.2) is 8.42 Å². The number of benzene rings is 3. The third-order valence-electron chi connectivity index (χ3n) is 5.46. The molecule has 1 aliphatic rings. The number of nitrogens with zero attached hydrogens (tertiary/aromatic N) is 2. The van der Waals surface area contributed by atoms with Gasteiger partial charge in [0, 0.05) is 11.9 Å². The number of hydrogen-bond acceptors (Lipinski definition) is 4. The Hall–Kier alpha value is -3.58. The summed E-state index contributed by atoms with van der Waals surface area (Å²) in [6, 6.07) is 23.8. The van der Waals surface area contributed by atoms with E-state index < -0.39 is 10.0 Å². The molecule has 0 bridgehead atoms. The Morgan fingerprint density at radius 3 is 2.39 bits per heavy atom. The van der Waals surface area contributed by atoms with E-state index in [1.165, 1.54) is 4.31 Å². The van der Waals surface area contributed by atoms with Crippen molar-refractivity contribution in [2.75, 3.05) is 10.8 Å². The minimum Gasteiger partial charge on any atom is -0.467 e. The van der Waals surface area contributed by atoms with Crippen molar-refractivity contribution in [3.63, 3.8) is 0 Å². The fourth-order valence-corrected chi connectivity index (χ4v) is 5.64. The minimum absolute atomic E-state index is 0.244. The van der Waals surface area contributed by atoms with E-state index in [9.17, 15) is 13.2 Å². The van der Waals surface area contributed by atoms with Crippen LogP contribution in [0.1, 0.15) is 11.3 Å². The monoisotopic (exact) mass is 432 g/mol. The number of carbonyl (C=O) groups is 1. The van der Waals surface area contributed by atoms with Gasteiger partial charge in [0.25, 0.3) is 10.0 Å². The fraction of sp³-hybridized carbons (Fsp3) is 0.125. The second-order valence-electron chi connectivity index (χ2n) is 7.46. The van der Waals surface area contributed by atoms with Crippen molar-refractivity contribution in [1.82, 2.24) is 4.90 Å². The van der Waals surface area contributed by atoms with Crippen LogP contribution in [0.3, 0.4) is 0 Å². The van der Waals surface area contributed by atoms with Gasteiger partial charge in [-0.2, -0.15) is 0 Å². The molecule has 2 heterocycles. The summed E-state index contributed by atoms with van der Waals surface area (Å²) in [6.45, 7) is 0.334. The fourth-order valence-electron chi connectivity index (χ4n) is 3.98. The zero-order valence-corrected chi connectivity index (χ0v) is 17.5. The highest BCUT2D eigenvalue weighted by atomic mass is 32.2. The van der Waals surface area contributed by atoms with Crippen LogP contribution >= 0.6 is 0 Å². The van der Waals surface area contributed by atoms with Gasteiger partial charge in [-0.3, -0.25) is 9.10 Å². The van der Waals surface area contributed by atoms with E-state index in [4.69, 9.17) is 4.42 Å². The van der Waals surface area contributed by atoms with E-state index in [2.05, 4.69) is 0 Å². The predicted molar refractivity (Wildman–Crippen MR) is 118 cm³/mol. The van der Waals surface area contributed by atoms with Crippen molar-refractivity contribution in [3.8, 4) is 0 Å². The van der Waals surface area contributed by atoms with Crippen molar-refractivity contribution in [1.29, 1.82) is 0 Å². The summed E-state index contributed by atoms with van der Waals surface area (Å²) in [7, 11) is -3.80. The lowest BCUT2D eigenvalue weighted by molar-refractivity contribution is -0.131. The lowest BCUT2D eigenvalue weighted by Crippen LogP contribution is -2.41. The molecule has 0 fully saturated rings. The van der Waals surface area contributed by atoms with E-state index in [1.807, 2.05) is 48.5 Å². The van der Waals surface area contributed by atoms with E-state index in [0.29, 0.717) is 23.4 Å². The molecule has 0 radical (unpaired) electrons. The normalized spacial score (nSPS) is 14.1. The summed E-state index contributed by atoms with van der Waals surface area (Å²) in [6.07, 6.45) is 1.56. The molecule has 0 aliphatic carbocycles. The molecule has 0 saturated heterocycles. The predicted octanol–water partition coefficient (Wildman–Crippen LogP) is 4.17. The van der Waals surface area contributed by atoms with E-state index in [-0.39, 0.29) is 23.9 Å². The molecular formula is C24H20N2O4S. The van der Waals surface area contributed by atoms with Gasteiger partial charge < -0.3 is 9.32 Å². The van der Waals surface area contributed by atoms with Crippen molar-refractivity contribution >= 4 is 32.4 Å². The smallest absolute Gasteiger partial charge is 0.265 e. The van der Waals surface area contributed by atoms with Crippen molar-refractivity contribution < 1.29 is 17.6 Å². The van der Waals surface area contributed by atoms with Gasteiger partial charge >= 0.3 is 0 Å². The number of furan rings is 1. The summed E-state index contributed by atoms with van der Waals surface area (Å²) in [4.78, 5) is 15.2. The van der Waals surface area contributed by atoms with Crippen LogP contribution < -0.4 is 4.31 Å². The summed E-state index contributed by atoms with van der Waals surface area (Å²) in [5.41, 5.74) is 1.50. The first-order chi connectivity index (χ1) is 15.0.